The highest BCUT2D eigenvalue weighted by Gasteiger charge is 2.18. The topological polar surface area (TPSA) is 20.2 Å². The van der Waals surface area contributed by atoms with Crippen molar-refractivity contribution in [1.29, 1.82) is 0 Å². The van der Waals surface area contributed by atoms with Crippen molar-refractivity contribution in [1.82, 2.24) is 0 Å². The molecule has 0 aliphatic heterocycles. The number of rotatable bonds is 4. The van der Waals surface area contributed by atoms with Crippen molar-refractivity contribution >= 4 is 11.3 Å². The van der Waals surface area contributed by atoms with Crippen LogP contribution in [-0.2, 0) is 11.8 Å². The summed E-state index contributed by atoms with van der Waals surface area (Å²) in [6, 6.07) is 14.6. The van der Waals surface area contributed by atoms with Crippen LogP contribution in [0.4, 0.5) is 0 Å². The Morgan fingerprint density at radius 3 is 2.32 bits per heavy atom. The molecular formula is C17H22OS. The molecule has 1 nitrogen and oxygen atoms in total. The summed E-state index contributed by atoms with van der Waals surface area (Å²) >= 11 is 1.73. The highest BCUT2D eigenvalue weighted by Crippen LogP contribution is 2.33. The van der Waals surface area contributed by atoms with E-state index in [0.29, 0.717) is 0 Å². The van der Waals surface area contributed by atoms with Gasteiger partial charge in [0, 0.05) is 9.75 Å². The fourth-order valence-corrected chi connectivity index (χ4v) is 3.11. The van der Waals surface area contributed by atoms with Crippen molar-refractivity contribution in [2.75, 3.05) is 0 Å². The van der Waals surface area contributed by atoms with E-state index in [1.54, 1.807) is 11.3 Å². The first-order chi connectivity index (χ1) is 8.97. The average Bonchev–Trinajstić information content (AvgIpc) is 2.87. The zero-order valence-electron chi connectivity index (χ0n) is 11.9. The quantitative estimate of drug-likeness (QED) is 0.856. The lowest BCUT2D eigenvalue weighted by Gasteiger charge is -2.15. The van der Waals surface area contributed by atoms with Gasteiger partial charge in [0.05, 0.1) is 6.10 Å². The van der Waals surface area contributed by atoms with Crippen LogP contribution in [0.15, 0.2) is 42.5 Å². The van der Waals surface area contributed by atoms with E-state index in [2.05, 4.69) is 45.0 Å². The summed E-state index contributed by atoms with van der Waals surface area (Å²) in [6.07, 6.45) is 1.36. The summed E-state index contributed by atoms with van der Waals surface area (Å²) in [7, 11) is 0. The number of hydrogen-bond acceptors (Lipinski definition) is 2. The molecule has 0 amide bonds. The number of aryl methyl sites for hydroxylation is 1. The molecule has 0 radical (unpaired) electrons. The van der Waals surface area contributed by atoms with Gasteiger partial charge in [-0.2, -0.15) is 0 Å². The molecule has 2 heteroatoms. The summed E-state index contributed by atoms with van der Waals surface area (Å²) in [5.41, 5.74) is 1.45. The van der Waals surface area contributed by atoms with E-state index >= 15 is 0 Å². The fourth-order valence-electron chi connectivity index (χ4n) is 2.03. The molecule has 0 saturated carbocycles. The van der Waals surface area contributed by atoms with Crippen LogP contribution >= 0.6 is 11.3 Å². The van der Waals surface area contributed by atoms with E-state index in [9.17, 15) is 5.11 Å². The molecule has 19 heavy (non-hydrogen) atoms. The predicted octanol–water partition coefficient (Wildman–Crippen LogP) is 4.71. The molecule has 1 aromatic heterocycles. The Bertz CT molecular complexity index is 508. The standard InChI is InChI=1S/C17H22OS/c1-17(2,3)16-12-11-15(19-16)14(18)10-9-13-7-5-4-6-8-13/h4-8,11-12,14,18H,9-10H2,1-3H3. The second-order valence-electron chi connectivity index (χ2n) is 5.99. The van der Waals surface area contributed by atoms with Gasteiger partial charge in [-0.15, -0.1) is 11.3 Å². The van der Waals surface area contributed by atoms with Crippen LogP contribution in [-0.4, -0.2) is 5.11 Å². The Balaban J connectivity index is 1.97. The van der Waals surface area contributed by atoms with Gasteiger partial charge >= 0.3 is 0 Å². The van der Waals surface area contributed by atoms with Gasteiger partial charge in [-0.3, -0.25) is 0 Å². The smallest absolute Gasteiger partial charge is 0.0885 e. The number of thiophene rings is 1. The highest BCUT2D eigenvalue weighted by molar-refractivity contribution is 7.12. The minimum atomic E-state index is -0.346. The lowest BCUT2D eigenvalue weighted by molar-refractivity contribution is 0.171. The Hall–Kier alpha value is -1.12. The molecule has 1 unspecified atom stereocenters. The summed E-state index contributed by atoms with van der Waals surface area (Å²) in [5.74, 6) is 0. The van der Waals surface area contributed by atoms with Crippen molar-refractivity contribution in [2.45, 2.75) is 45.1 Å². The number of benzene rings is 1. The van der Waals surface area contributed by atoms with Crippen LogP contribution in [0.1, 0.15) is 48.6 Å². The van der Waals surface area contributed by atoms with Gasteiger partial charge < -0.3 is 5.11 Å². The van der Waals surface area contributed by atoms with E-state index in [-0.39, 0.29) is 11.5 Å². The summed E-state index contributed by atoms with van der Waals surface area (Å²) in [4.78, 5) is 2.42. The van der Waals surface area contributed by atoms with Gasteiger partial charge in [0.15, 0.2) is 0 Å². The predicted molar refractivity (Wildman–Crippen MR) is 82.7 cm³/mol. The minimum Gasteiger partial charge on any atom is -0.388 e. The van der Waals surface area contributed by atoms with Crippen LogP contribution in [0, 0.1) is 0 Å². The molecule has 1 heterocycles. The van der Waals surface area contributed by atoms with Crippen LogP contribution in [0.3, 0.4) is 0 Å². The van der Waals surface area contributed by atoms with E-state index in [1.807, 2.05) is 18.2 Å². The largest absolute Gasteiger partial charge is 0.388 e. The second-order valence-corrected chi connectivity index (χ2v) is 7.11. The third-order valence-corrected chi connectivity index (χ3v) is 4.86. The maximum Gasteiger partial charge on any atom is 0.0885 e. The first kappa shape index (κ1) is 14.3. The highest BCUT2D eigenvalue weighted by atomic mass is 32.1. The van der Waals surface area contributed by atoms with Crippen molar-refractivity contribution < 1.29 is 5.11 Å². The first-order valence-electron chi connectivity index (χ1n) is 6.79. The monoisotopic (exact) mass is 274 g/mol. The van der Waals surface area contributed by atoms with Crippen molar-refractivity contribution in [2.24, 2.45) is 0 Å². The van der Waals surface area contributed by atoms with Gasteiger partial charge in [0.25, 0.3) is 0 Å². The Labute approximate surface area is 119 Å². The van der Waals surface area contributed by atoms with Gasteiger partial charge in [-0.1, -0.05) is 51.1 Å². The summed E-state index contributed by atoms with van der Waals surface area (Å²) < 4.78 is 0. The lowest BCUT2D eigenvalue weighted by Crippen LogP contribution is -2.07. The van der Waals surface area contributed by atoms with Crippen LogP contribution in [0.25, 0.3) is 0 Å². The number of aliphatic hydroxyl groups excluding tert-OH is 1. The van der Waals surface area contributed by atoms with E-state index in [4.69, 9.17) is 0 Å². The average molecular weight is 274 g/mol. The summed E-state index contributed by atoms with van der Waals surface area (Å²) in [6.45, 7) is 6.62. The van der Waals surface area contributed by atoms with E-state index in [1.165, 1.54) is 10.4 Å². The van der Waals surface area contributed by atoms with Crippen LogP contribution in [0.5, 0.6) is 0 Å². The van der Waals surface area contributed by atoms with E-state index < -0.39 is 0 Å². The van der Waals surface area contributed by atoms with Gasteiger partial charge in [0.1, 0.15) is 0 Å². The Kier molecular flexibility index (Phi) is 4.43. The van der Waals surface area contributed by atoms with Crippen LogP contribution in [0.2, 0.25) is 0 Å². The first-order valence-corrected chi connectivity index (χ1v) is 7.60. The molecule has 102 valence electrons. The zero-order chi connectivity index (χ0) is 13.9. The molecule has 0 bridgehead atoms. The molecule has 1 N–H and O–H groups in total. The van der Waals surface area contributed by atoms with Gasteiger partial charge in [-0.05, 0) is 36.0 Å². The zero-order valence-corrected chi connectivity index (χ0v) is 12.7. The van der Waals surface area contributed by atoms with Gasteiger partial charge in [0.2, 0.25) is 0 Å². The number of hydrogen-bond donors (Lipinski definition) is 1. The van der Waals surface area contributed by atoms with E-state index in [0.717, 1.165) is 17.7 Å². The number of aliphatic hydroxyl groups is 1. The van der Waals surface area contributed by atoms with Crippen molar-refractivity contribution in [3.8, 4) is 0 Å². The molecule has 0 saturated heterocycles. The third kappa shape index (κ3) is 3.92. The molecule has 0 spiro atoms. The normalized spacial score (nSPS) is 13.5. The maximum atomic E-state index is 10.3. The lowest BCUT2D eigenvalue weighted by atomic mass is 9.95. The molecule has 2 rings (SSSR count). The summed E-state index contributed by atoms with van der Waals surface area (Å²) in [5, 5.41) is 10.3. The van der Waals surface area contributed by atoms with Crippen molar-refractivity contribution in [3.05, 3.63) is 57.8 Å². The molecular weight excluding hydrogens is 252 g/mol. The Morgan fingerprint density at radius 2 is 1.74 bits per heavy atom. The molecule has 1 atom stereocenters. The molecule has 2 aromatic rings. The molecule has 0 aliphatic rings. The van der Waals surface area contributed by atoms with Crippen LogP contribution < -0.4 is 0 Å². The SMILES string of the molecule is CC(C)(C)c1ccc(C(O)CCc2ccccc2)s1. The molecule has 0 aliphatic carbocycles. The van der Waals surface area contributed by atoms with Crippen molar-refractivity contribution in [3.63, 3.8) is 0 Å². The minimum absolute atomic E-state index is 0.169. The third-order valence-electron chi connectivity index (χ3n) is 3.24. The van der Waals surface area contributed by atoms with Gasteiger partial charge in [-0.25, -0.2) is 0 Å². The maximum absolute atomic E-state index is 10.3. The Morgan fingerprint density at radius 1 is 1.05 bits per heavy atom. The second kappa shape index (κ2) is 5.89. The fraction of sp³-hybridized carbons (Fsp3) is 0.412. The molecule has 1 aromatic carbocycles. The molecule has 0 fully saturated rings.